The van der Waals surface area contributed by atoms with Crippen molar-refractivity contribution in [1.29, 1.82) is 0 Å². The van der Waals surface area contributed by atoms with Gasteiger partial charge in [0.25, 0.3) is 0 Å². The molecule has 0 amide bonds. The molecule has 1 nitrogen and oxygen atoms in total. The minimum Gasteiger partial charge on any atom is -0.419 e. The molecule has 0 aromatic heterocycles. The highest BCUT2D eigenvalue weighted by Crippen LogP contribution is 2.29. The van der Waals surface area contributed by atoms with Crippen LogP contribution in [0.25, 0.3) is 0 Å². The Bertz CT molecular complexity index is 251. The van der Waals surface area contributed by atoms with Crippen LogP contribution in [0.2, 0.25) is 0 Å². The Labute approximate surface area is 100 Å². The Hall–Kier alpha value is -0.233. The van der Waals surface area contributed by atoms with Gasteiger partial charge in [0.1, 0.15) is 0 Å². The lowest BCUT2D eigenvalue weighted by Gasteiger charge is -2.15. The third-order valence-corrected chi connectivity index (χ3v) is 5.11. The Kier molecular flexibility index (Phi) is 6.08. The second kappa shape index (κ2) is 7.11. The largest absolute Gasteiger partial charge is 0.419 e. The SMILES string of the molecule is C#C/C(C)=C/CO[SiH2]C(Cl)C1CCCC1. The Morgan fingerprint density at radius 3 is 2.93 bits per heavy atom. The lowest BCUT2D eigenvalue weighted by Crippen LogP contribution is -2.21. The zero-order valence-corrected chi connectivity index (χ0v) is 11.5. The van der Waals surface area contributed by atoms with E-state index in [4.69, 9.17) is 22.5 Å². The molecular weight excluding hydrogens is 224 g/mol. The molecule has 1 fully saturated rings. The van der Waals surface area contributed by atoms with Crippen LogP contribution in [0.15, 0.2) is 11.6 Å². The molecule has 1 aliphatic carbocycles. The van der Waals surface area contributed by atoms with Crippen molar-refractivity contribution in [2.24, 2.45) is 5.92 Å². The van der Waals surface area contributed by atoms with Gasteiger partial charge in [0.05, 0.1) is 11.6 Å². The van der Waals surface area contributed by atoms with Crippen molar-refractivity contribution in [3.8, 4) is 12.3 Å². The van der Waals surface area contributed by atoms with Crippen LogP contribution in [-0.2, 0) is 4.43 Å². The summed E-state index contributed by atoms with van der Waals surface area (Å²) < 4.78 is 5.62. The molecule has 84 valence electrons. The van der Waals surface area contributed by atoms with Crippen molar-refractivity contribution in [1.82, 2.24) is 0 Å². The molecule has 0 aromatic rings. The number of alkyl halides is 1. The molecule has 0 aliphatic heterocycles. The molecular formula is C12H19ClOSi. The molecule has 1 aliphatic rings. The van der Waals surface area contributed by atoms with Gasteiger partial charge in [0.15, 0.2) is 9.76 Å². The highest BCUT2D eigenvalue weighted by molar-refractivity contribution is 6.48. The molecule has 15 heavy (non-hydrogen) atoms. The van der Waals surface area contributed by atoms with Crippen molar-refractivity contribution in [3.63, 3.8) is 0 Å². The molecule has 1 saturated carbocycles. The third-order valence-electron chi connectivity index (χ3n) is 2.92. The average molecular weight is 243 g/mol. The highest BCUT2D eigenvalue weighted by atomic mass is 35.5. The fourth-order valence-electron chi connectivity index (χ4n) is 1.88. The second-order valence-electron chi connectivity index (χ2n) is 4.13. The topological polar surface area (TPSA) is 9.23 Å². The molecule has 0 radical (unpaired) electrons. The lowest BCUT2D eigenvalue weighted by atomic mass is 10.1. The number of hydrogen-bond acceptors (Lipinski definition) is 1. The van der Waals surface area contributed by atoms with Crippen molar-refractivity contribution in [2.45, 2.75) is 37.6 Å². The van der Waals surface area contributed by atoms with E-state index in [1.165, 1.54) is 25.7 Å². The Balaban J connectivity index is 2.12. The summed E-state index contributed by atoms with van der Waals surface area (Å²) in [5.74, 6) is 3.29. The van der Waals surface area contributed by atoms with E-state index in [0.29, 0.717) is 11.6 Å². The maximum atomic E-state index is 6.31. The molecule has 0 heterocycles. The number of hydrogen-bond donors (Lipinski definition) is 0. The normalized spacial score (nSPS) is 21.0. The monoisotopic (exact) mass is 242 g/mol. The molecule has 1 rings (SSSR count). The first-order chi connectivity index (χ1) is 7.24. The van der Waals surface area contributed by atoms with E-state index in [1.54, 1.807) is 0 Å². The van der Waals surface area contributed by atoms with Crippen LogP contribution in [-0.4, -0.2) is 21.4 Å². The summed E-state index contributed by atoms with van der Waals surface area (Å²) in [6.45, 7) is 2.55. The summed E-state index contributed by atoms with van der Waals surface area (Å²) in [7, 11) is -0.592. The first-order valence-electron chi connectivity index (χ1n) is 5.59. The van der Waals surface area contributed by atoms with Gasteiger partial charge in [-0.3, -0.25) is 0 Å². The number of halogens is 1. The minimum absolute atomic E-state index is 0.312. The van der Waals surface area contributed by atoms with Crippen LogP contribution in [0.4, 0.5) is 0 Å². The van der Waals surface area contributed by atoms with Crippen LogP contribution in [0, 0.1) is 18.3 Å². The molecule has 1 unspecified atom stereocenters. The summed E-state index contributed by atoms with van der Waals surface area (Å²) in [6.07, 6.45) is 12.5. The molecule has 0 spiro atoms. The van der Waals surface area contributed by atoms with E-state index in [9.17, 15) is 0 Å². The first kappa shape index (κ1) is 12.8. The van der Waals surface area contributed by atoms with Gasteiger partial charge in [0, 0.05) is 0 Å². The van der Waals surface area contributed by atoms with Crippen molar-refractivity contribution in [3.05, 3.63) is 11.6 Å². The van der Waals surface area contributed by atoms with Crippen LogP contribution in [0.5, 0.6) is 0 Å². The van der Waals surface area contributed by atoms with Gasteiger partial charge in [-0.2, -0.15) is 0 Å². The summed E-state index contributed by atoms with van der Waals surface area (Å²) >= 11 is 6.31. The van der Waals surface area contributed by atoms with Crippen LogP contribution < -0.4 is 0 Å². The zero-order chi connectivity index (χ0) is 11.1. The number of rotatable bonds is 5. The van der Waals surface area contributed by atoms with E-state index in [0.717, 1.165) is 11.5 Å². The summed E-state index contributed by atoms with van der Waals surface area (Å²) in [5, 5.41) is 0.312. The molecule has 0 bridgehead atoms. The van der Waals surface area contributed by atoms with Gasteiger partial charge in [-0.25, -0.2) is 0 Å². The van der Waals surface area contributed by atoms with Crippen LogP contribution >= 0.6 is 11.6 Å². The maximum absolute atomic E-state index is 6.31. The van der Waals surface area contributed by atoms with E-state index in [-0.39, 0.29) is 0 Å². The second-order valence-corrected chi connectivity index (χ2v) is 6.83. The van der Waals surface area contributed by atoms with Gasteiger partial charge in [-0.05, 0) is 37.3 Å². The summed E-state index contributed by atoms with van der Waals surface area (Å²) in [4.78, 5) is 0. The van der Waals surface area contributed by atoms with Crippen LogP contribution in [0.3, 0.4) is 0 Å². The molecule has 0 saturated heterocycles. The van der Waals surface area contributed by atoms with Gasteiger partial charge < -0.3 is 4.43 Å². The highest BCUT2D eigenvalue weighted by Gasteiger charge is 2.23. The predicted octanol–water partition coefficient (Wildman–Crippen LogP) is 2.42. The third kappa shape index (κ3) is 4.88. The molecule has 0 N–H and O–H groups in total. The van der Waals surface area contributed by atoms with E-state index in [1.807, 2.05) is 13.0 Å². The smallest absolute Gasteiger partial charge is 0.179 e. The summed E-state index contributed by atoms with van der Waals surface area (Å²) in [5.41, 5.74) is 0.941. The van der Waals surface area contributed by atoms with Crippen molar-refractivity contribution < 1.29 is 4.43 Å². The fourth-order valence-corrected chi connectivity index (χ4v) is 3.62. The zero-order valence-electron chi connectivity index (χ0n) is 9.34. The number of terminal acetylenes is 1. The van der Waals surface area contributed by atoms with Crippen molar-refractivity contribution in [2.75, 3.05) is 6.61 Å². The van der Waals surface area contributed by atoms with E-state index < -0.39 is 9.76 Å². The quantitative estimate of drug-likeness (QED) is 0.312. The molecule has 3 heteroatoms. The molecule has 0 aromatic carbocycles. The standard InChI is InChI=1S/C12H19ClOSi/c1-3-10(2)8-9-14-15-12(13)11-6-4-5-7-11/h1,8,11-12H,4-7,9,15H2,2H3/b10-8+. The minimum atomic E-state index is -0.592. The van der Waals surface area contributed by atoms with Gasteiger partial charge in [-0.15, -0.1) is 18.0 Å². The van der Waals surface area contributed by atoms with E-state index in [2.05, 4.69) is 5.92 Å². The van der Waals surface area contributed by atoms with Crippen LogP contribution in [0.1, 0.15) is 32.6 Å². The first-order valence-corrected chi connectivity index (χ1v) is 7.42. The van der Waals surface area contributed by atoms with Crippen molar-refractivity contribution >= 4 is 21.4 Å². The lowest BCUT2D eigenvalue weighted by molar-refractivity contribution is 0.373. The maximum Gasteiger partial charge on any atom is 0.179 e. The van der Waals surface area contributed by atoms with Gasteiger partial charge >= 0.3 is 0 Å². The van der Waals surface area contributed by atoms with E-state index >= 15 is 0 Å². The Morgan fingerprint density at radius 2 is 2.33 bits per heavy atom. The van der Waals surface area contributed by atoms with Gasteiger partial charge in [-0.1, -0.05) is 18.8 Å². The predicted molar refractivity (Wildman–Crippen MR) is 68.7 cm³/mol. The molecule has 1 atom stereocenters. The summed E-state index contributed by atoms with van der Waals surface area (Å²) in [6, 6.07) is 0. The Morgan fingerprint density at radius 1 is 1.67 bits per heavy atom. The average Bonchev–Trinajstić information content (AvgIpc) is 2.77. The fraction of sp³-hybridized carbons (Fsp3) is 0.667. The number of allylic oxidation sites excluding steroid dienone is 1. The van der Waals surface area contributed by atoms with Gasteiger partial charge in [0.2, 0.25) is 0 Å².